The van der Waals surface area contributed by atoms with Crippen LogP contribution in [0.3, 0.4) is 0 Å². The van der Waals surface area contributed by atoms with E-state index in [0.29, 0.717) is 13.0 Å². The highest BCUT2D eigenvalue weighted by Crippen LogP contribution is 2.33. The van der Waals surface area contributed by atoms with Crippen LogP contribution >= 0.6 is 0 Å². The number of nitriles is 1. The number of nitrogens with zero attached hydrogens (tertiary/aromatic N) is 1. The zero-order chi connectivity index (χ0) is 11.4. The summed E-state index contributed by atoms with van der Waals surface area (Å²) in [5.41, 5.74) is 2.22. The predicted octanol–water partition coefficient (Wildman–Crippen LogP) is 2.35. The van der Waals surface area contributed by atoms with Crippen LogP contribution in [0.1, 0.15) is 36.5 Å². The van der Waals surface area contributed by atoms with E-state index in [9.17, 15) is 5.11 Å². The first kappa shape index (κ1) is 11.0. The van der Waals surface area contributed by atoms with Crippen molar-refractivity contribution in [1.29, 1.82) is 5.26 Å². The van der Waals surface area contributed by atoms with Crippen molar-refractivity contribution in [3.63, 3.8) is 0 Å². The number of aryl methyl sites for hydroxylation is 1. The van der Waals surface area contributed by atoms with Crippen molar-refractivity contribution < 1.29 is 9.84 Å². The standard InChI is InChI=1S/C13H15NO2/c14-7-1-2-8-16-11-4-5-12-10(9-11)3-6-13(12)15/h4-5,9,13,15H,1-3,6,8H2. The van der Waals surface area contributed by atoms with Gasteiger partial charge in [-0.3, -0.25) is 0 Å². The Hall–Kier alpha value is -1.53. The van der Waals surface area contributed by atoms with E-state index in [1.807, 2.05) is 18.2 Å². The molecule has 0 saturated heterocycles. The lowest BCUT2D eigenvalue weighted by molar-refractivity contribution is 0.180. The fraction of sp³-hybridized carbons (Fsp3) is 0.462. The molecular weight excluding hydrogens is 202 g/mol. The topological polar surface area (TPSA) is 53.2 Å². The molecule has 3 nitrogen and oxygen atoms in total. The quantitative estimate of drug-likeness (QED) is 0.787. The van der Waals surface area contributed by atoms with Crippen LogP contribution in [0.5, 0.6) is 5.75 Å². The Morgan fingerprint density at radius 3 is 3.19 bits per heavy atom. The summed E-state index contributed by atoms with van der Waals surface area (Å²) in [5.74, 6) is 0.839. The van der Waals surface area contributed by atoms with E-state index in [1.54, 1.807) is 0 Å². The third kappa shape index (κ3) is 2.34. The first-order valence-electron chi connectivity index (χ1n) is 5.62. The third-order valence-corrected chi connectivity index (χ3v) is 2.86. The van der Waals surface area contributed by atoms with E-state index < -0.39 is 0 Å². The Kier molecular flexibility index (Phi) is 3.43. The maximum atomic E-state index is 9.64. The molecule has 0 heterocycles. The number of hydrogen-bond acceptors (Lipinski definition) is 3. The minimum Gasteiger partial charge on any atom is -0.494 e. The van der Waals surface area contributed by atoms with Crippen molar-refractivity contribution in [3.8, 4) is 11.8 Å². The second kappa shape index (κ2) is 5.00. The molecule has 0 saturated carbocycles. The second-order valence-electron chi connectivity index (χ2n) is 4.03. The van der Waals surface area contributed by atoms with E-state index >= 15 is 0 Å². The van der Waals surface area contributed by atoms with Gasteiger partial charge in [-0.15, -0.1) is 0 Å². The van der Waals surface area contributed by atoms with Gasteiger partial charge >= 0.3 is 0 Å². The van der Waals surface area contributed by atoms with Gasteiger partial charge in [-0.1, -0.05) is 6.07 Å². The van der Waals surface area contributed by atoms with Crippen LogP contribution in [-0.4, -0.2) is 11.7 Å². The number of benzene rings is 1. The van der Waals surface area contributed by atoms with Crippen LogP contribution in [0.2, 0.25) is 0 Å². The zero-order valence-electron chi connectivity index (χ0n) is 9.15. The van der Waals surface area contributed by atoms with Gasteiger partial charge in [0.05, 0.1) is 18.8 Å². The Labute approximate surface area is 95.3 Å². The van der Waals surface area contributed by atoms with Gasteiger partial charge in [0.15, 0.2) is 0 Å². The molecule has 0 aliphatic heterocycles. The van der Waals surface area contributed by atoms with Crippen LogP contribution in [0, 0.1) is 11.3 Å². The van der Waals surface area contributed by atoms with E-state index in [2.05, 4.69) is 6.07 Å². The summed E-state index contributed by atoms with van der Waals surface area (Å²) in [7, 11) is 0. The van der Waals surface area contributed by atoms with Gasteiger partial charge in [0.25, 0.3) is 0 Å². The average Bonchev–Trinajstić information content (AvgIpc) is 2.66. The van der Waals surface area contributed by atoms with Gasteiger partial charge in [-0.05, 0) is 42.5 Å². The van der Waals surface area contributed by atoms with Crippen LogP contribution in [0.25, 0.3) is 0 Å². The molecule has 16 heavy (non-hydrogen) atoms. The van der Waals surface area contributed by atoms with Crippen molar-refractivity contribution >= 4 is 0 Å². The van der Waals surface area contributed by atoms with Crippen LogP contribution in [0.15, 0.2) is 18.2 Å². The highest BCUT2D eigenvalue weighted by atomic mass is 16.5. The summed E-state index contributed by atoms with van der Waals surface area (Å²) in [4.78, 5) is 0. The largest absolute Gasteiger partial charge is 0.494 e. The molecule has 0 fully saturated rings. The minimum atomic E-state index is -0.303. The van der Waals surface area contributed by atoms with E-state index in [0.717, 1.165) is 30.6 Å². The Morgan fingerprint density at radius 2 is 2.38 bits per heavy atom. The molecule has 1 atom stereocenters. The number of ether oxygens (including phenoxy) is 1. The Morgan fingerprint density at radius 1 is 1.50 bits per heavy atom. The fourth-order valence-corrected chi connectivity index (χ4v) is 2.00. The van der Waals surface area contributed by atoms with Crippen LogP contribution < -0.4 is 4.74 Å². The van der Waals surface area contributed by atoms with Crippen LogP contribution in [0.4, 0.5) is 0 Å². The fourth-order valence-electron chi connectivity index (χ4n) is 2.00. The molecule has 1 aromatic carbocycles. The van der Waals surface area contributed by atoms with Gasteiger partial charge in [0.1, 0.15) is 5.75 Å². The molecule has 1 N–H and O–H groups in total. The number of aliphatic hydroxyl groups is 1. The Balaban J connectivity index is 1.95. The van der Waals surface area contributed by atoms with E-state index in [1.165, 1.54) is 5.56 Å². The molecule has 2 rings (SSSR count). The SMILES string of the molecule is N#CCCCOc1ccc2c(c1)CCC2O. The van der Waals surface area contributed by atoms with E-state index in [4.69, 9.17) is 10.00 Å². The van der Waals surface area contributed by atoms with Gasteiger partial charge in [-0.25, -0.2) is 0 Å². The summed E-state index contributed by atoms with van der Waals surface area (Å²) in [6.45, 7) is 0.578. The monoisotopic (exact) mass is 217 g/mol. The Bertz CT molecular complexity index is 409. The van der Waals surface area contributed by atoms with Gasteiger partial charge < -0.3 is 9.84 Å². The molecule has 0 bridgehead atoms. The average molecular weight is 217 g/mol. The highest BCUT2D eigenvalue weighted by Gasteiger charge is 2.20. The molecule has 0 aromatic heterocycles. The lowest BCUT2D eigenvalue weighted by atomic mass is 10.1. The van der Waals surface area contributed by atoms with Gasteiger partial charge in [-0.2, -0.15) is 5.26 Å². The summed E-state index contributed by atoms with van der Waals surface area (Å²) in [6.07, 6.45) is 2.72. The minimum absolute atomic E-state index is 0.303. The smallest absolute Gasteiger partial charge is 0.119 e. The molecule has 1 unspecified atom stereocenters. The van der Waals surface area contributed by atoms with Crippen molar-refractivity contribution in [1.82, 2.24) is 0 Å². The summed E-state index contributed by atoms with van der Waals surface area (Å²) < 4.78 is 5.54. The number of rotatable bonds is 4. The van der Waals surface area contributed by atoms with Crippen LogP contribution in [-0.2, 0) is 6.42 Å². The molecule has 84 valence electrons. The summed E-state index contributed by atoms with van der Waals surface area (Å²) in [5, 5.41) is 18.0. The number of fused-ring (bicyclic) bond motifs is 1. The molecule has 1 aliphatic carbocycles. The number of unbranched alkanes of at least 4 members (excludes halogenated alkanes) is 1. The molecular formula is C13H15NO2. The van der Waals surface area contributed by atoms with Crippen molar-refractivity contribution in [2.45, 2.75) is 31.8 Å². The molecule has 3 heteroatoms. The molecule has 0 radical (unpaired) electrons. The maximum Gasteiger partial charge on any atom is 0.119 e. The van der Waals surface area contributed by atoms with Crippen molar-refractivity contribution in [2.75, 3.05) is 6.61 Å². The summed E-state index contributed by atoms with van der Waals surface area (Å²) >= 11 is 0. The predicted molar refractivity (Wildman–Crippen MR) is 60.1 cm³/mol. The van der Waals surface area contributed by atoms with E-state index in [-0.39, 0.29) is 6.10 Å². The number of hydrogen-bond donors (Lipinski definition) is 1. The normalized spacial score (nSPS) is 17.9. The molecule has 1 aromatic rings. The van der Waals surface area contributed by atoms with Gasteiger partial charge in [0, 0.05) is 6.42 Å². The molecule has 0 amide bonds. The lowest BCUT2D eigenvalue weighted by Gasteiger charge is -2.08. The first-order valence-corrected chi connectivity index (χ1v) is 5.62. The highest BCUT2D eigenvalue weighted by molar-refractivity contribution is 5.39. The maximum absolute atomic E-state index is 9.64. The molecule has 1 aliphatic rings. The van der Waals surface area contributed by atoms with Crippen molar-refractivity contribution in [3.05, 3.63) is 29.3 Å². The lowest BCUT2D eigenvalue weighted by Crippen LogP contribution is -1.97. The van der Waals surface area contributed by atoms with Gasteiger partial charge in [0.2, 0.25) is 0 Å². The van der Waals surface area contributed by atoms with Crippen molar-refractivity contribution in [2.24, 2.45) is 0 Å². The molecule has 0 spiro atoms. The number of aliphatic hydroxyl groups excluding tert-OH is 1. The third-order valence-electron chi connectivity index (χ3n) is 2.86. The zero-order valence-corrected chi connectivity index (χ0v) is 9.15. The second-order valence-corrected chi connectivity index (χ2v) is 4.03. The first-order chi connectivity index (χ1) is 7.81. The summed E-state index contributed by atoms with van der Waals surface area (Å²) in [6, 6.07) is 7.91.